The molecule has 0 saturated carbocycles. The van der Waals surface area contributed by atoms with Crippen LogP contribution in [0.3, 0.4) is 0 Å². The van der Waals surface area contributed by atoms with Gasteiger partial charge < -0.3 is 28.8 Å². The van der Waals surface area contributed by atoms with Gasteiger partial charge in [0.1, 0.15) is 22.6 Å². The maximum atomic E-state index is 11.5. The fraction of sp³-hybridized carbons (Fsp3) is 0.387. The Morgan fingerprint density at radius 3 is 2.33 bits per heavy atom. The summed E-state index contributed by atoms with van der Waals surface area (Å²) in [5.41, 5.74) is 2.35. The van der Waals surface area contributed by atoms with Gasteiger partial charge in [-0.1, -0.05) is 52.6 Å². The second kappa shape index (κ2) is 19.7. The molecule has 2 heterocycles. The van der Waals surface area contributed by atoms with E-state index in [9.17, 15) is 4.79 Å². The van der Waals surface area contributed by atoms with Crippen molar-refractivity contribution in [1.82, 2.24) is 20.3 Å². The third-order valence-electron chi connectivity index (χ3n) is 5.17. The molecule has 0 unspecified atom stereocenters. The highest BCUT2D eigenvalue weighted by Gasteiger charge is 2.17. The van der Waals surface area contributed by atoms with Gasteiger partial charge in [-0.05, 0) is 60.7 Å². The van der Waals surface area contributed by atoms with Crippen LogP contribution in [0.5, 0.6) is 17.2 Å². The molecule has 0 saturated heterocycles. The average molecular weight is 598 g/mol. The molecule has 4 rings (SSSR count). The molecule has 2 aromatic carbocycles. The molecule has 0 fully saturated rings. The number of amides is 1. The summed E-state index contributed by atoms with van der Waals surface area (Å²) in [5, 5.41) is 12.0. The smallest absolute Gasteiger partial charge is 0.296 e. The molecule has 0 bridgehead atoms. The van der Waals surface area contributed by atoms with Crippen molar-refractivity contribution in [3.63, 3.8) is 0 Å². The summed E-state index contributed by atoms with van der Waals surface area (Å²) in [5.74, 6) is 7.25. The fourth-order valence-electron chi connectivity index (χ4n) is 3.49. The molecule has 0 aliphatic rings. The van der Waals surface area contributed by atoms with Gasteiger partial charge in [-0.2, -0.15) is 5.10 Å². The zero-order valence-electron chi connectivity index (χ0n) is 26.2. The number of carbonyl (C=O) groups excluding carboxylic acids is 1. The summed E-state index contributed by atoms with van der Waals surface area (Å²) < 4.78 is 27.0. The minimum absolute atomic E-state index is 0.321. The Hall–Kier alpha value is -4.30. The Morgan fingerprint density at radius 2 is 1.69 bits per heavy atom. The first-order valence-electron chi connectivity index (χ1n) is 13.9. The summed E-state index contributed by atoms with van der Waals surface area (Å²) in [7, 11) is 4.82. The van der Waals surface area contributed by atoms with Gasteiger partial charge in [-0.3, -0.25) is 9.48 Å². The van der Waals surface area contributed by atoms with Crippen molar-refractivity contribution in [2.45, 2.75) is 66.5 Å². The van der Waals surface area contributed by atoms with Crippen LogP contribution in [0.15, 0.2) is 52.1 Å². The van der Waals surface area contributed by atoms with E-state index in [1.807, 2.05) is 78.1 Å². The van der Waals surface area contributed by atoms with Crippen LogP contribution in [0, 0.1) is 11.8 Å². The molecule has 11 heteroatoms. The lowest BCUT2D eigenvalue weighted by Crippen LogP contribution is -2.20. The van der Waals surface area contributed by atoms with Gasteiger partial charge in [0.25, 0.3) is 5.91 Å². The van der Waals surface area contributed by atoms with Crippen LogP contribution in [0.2, 0.25) is 0 Å². The molecule has 10 nitrogen and oxygen atoms in total. The number of aromatic nitrogens is 3. The van der Waals surface area contributed by atoms with Gasteiger partial charge in [0.15, 0.2) is 11.4 Å². The molecule has 2 aromatic heterocycles. The number of hydrogen-bond acceptors (Lipinski definition) is 9. The van der Waals surface area contributed by atoms with Crippen molar-refractivity contribution in [2.75, 3.05) is 26.1 Å². The molecule has 0 aliphatic carbocycles. The van der Waals surface area contributed by atoms with Crippen molar-refractivity contribution in [1.29, 1.82) is 0 Å². The Kier molecular flexibility index (Phi) is 16.8. The number of rotatable bonds is 10. The van der Waals surface area contributed by atoms with E-state index < -0.39 is 0 Å². The molecule has 0 atom stereocenters. The van der Waals surface area contributed by atoms with Crippen LogP contribution >= 0.6 is 11.9 Å². The molecular weight excluding hydrogens is 554 g/mol. The third-order valence-corrected chi connectivity index (χ3v) is 6.00. The van der Waals surface area contributed by atoms with E-state index in [4.69, 9.17) is 18.7 Å². The highest BCUT2D eigenvalue weighted by Crippen LogP contribution is 2.38. The molecule has 228 valence electrons. The van der Waals surface area contributed by atoms with Gasteiger partial charge >= 0.3 is 0 Å². The summed E-state index contributed by atoms with van der Waals surface area (Å²) in [6.07, 6.45) is 3.57. The topological polar surface area (TPSA) is 113 Å². The number of nitrogens with zero attached hydrogens (tertiary/aromatic N) is 3. The Labute approximate surface area is 253 Å². The monoisotopic (exact) mass is 597 g/mol. The van der Waals surface area contributed by atoms with E-state index in [1.165, 1.54) is 11.9 Å². The molecule has 4 aromatic rings. The minimum atomic E-state index is -0.321. The van der Waals surface area contributed by atoms with Gasteiger partial charge in [-0.15, -0.1) is 0 Å². The largest absolute Gasteiger partial charge is 0.497 e. The van der Waals surface area contributed by atoms with Crippen molar-refractivity contribution in [2.24, 2.45) is 0 Å². The quantitative estimate of drug-likeness (QED) is 0.148. The average Bonchev–Trinajstić information content (AvgIpc) is 3.68. The lowest BCUT2D eigenvalue weighted by atomic mass is 10.1. The molecule has 2 N–H and O–H groups in total. The molecule has 42 heavy (non-hydrogen) atoms. The Bertz CT molecular complexity index is 1440. The van der Waals surface area contributed by atoms with Crippen molar-refractivity contribution in [3.8, 4) is 29.1 Å². The zero-order chi connectivity index (χ0) is 31.5. The van der Waals surface area contributed by atoms with Gasteiger partial charge in [0.05, 0.1) is 39.0 Å². The van der Waals surface area contributed by atoms with Gasteiger partial charge in [0, 0.05) is 18.3 Å². The second-order valence-electron chi connectivity index (χ2n) is 7.53. The minimum Gasteiger partial charge on any atom is -0.497 e. The molecule has 1 amide bonds. The molecular formula is C31H43N5O5S. The number of carbonyl (C=O) groups is 1. The zero-order valence-corrected chi connectivity index (χ0v) is 27.1. The summed E-state index contributed by atoms with van der Waals surface area (Å²) in [6.45, 7) is 14.4. The summed E-state index contributed by atoms with van der Waals surface area (Å²) in [4.78, 5) is 12.4. The number of methoxy groups -OCH3 is 3. The number of nitrogens with one attached hydrogen (secondary N) is 2. The van der Waals surface area contributed by atoms with Crippen molar-refractivity contribution in [3.05, 3.63) is 53.9 Å². The Balaban J connectivity index is 0.00000138. The lowest BCUT2D eigenvalue weighted by Gasteiger charge is -2.11. The number of anilines is 1. The first-order valence-corrected chi connectivity index (χ1v) is 14.7. The normalized spacial score (nSPS) is 9.38. The second-order valence-corrected chi connectivity index (χ2v) is 8.38. The predicted octanol–water partition coefficient (Wildman–Crippen LogP) is 6.94. The van der Waals surface area contributed by atoms with E-state index in [-0.39, 0.29) is 5.91 Å². The highest BCUT2D eigenvalue weighted by molar-refractivity contribution is 8.00. The maximum absolute atomic E-state index is 11.5. The standard InChI is InChI=1S/C25H25N5O5S.3C2H6/c1-5-6-23(31)26-12-17-13-27-30(15-17)14-16-9-20(34-4)24-21(10-16)35-28-25(24)29-36-22-11-18(32-2)7-8-19(22)33-3;3*1-2/h7-11,13,15H,12,14H2,1-4H3,(H,26,31)(H,28,29);3*1-2H3. The van der Waals surface area contributed by atoms with Crippen LogP contribution < -0.4 is 24.2 Å². The van der Waals surface area contributed by atoms with Crippen LogP contribution in [0.4, 0.5) is 5.82 Å². The van der Waals surface area contributed by atoms with Crippen LogP contribution in [0.25, 0.3) is 11.0 Å². The third kappa shape index (κ3) is 9.96. The van der Waals surface area contributed by atoms with E-state index in [1.54, 1.807) is 39.1 Å². The SMILES string of the molecule is CC.CC.CC.CC#CC(=O)NCc1cnn(Cc2cc(OC)c3c(NSc4cc(OC)ccc4OC)noc3c2)c1. The molecule has 0 radical (unpaired) electrons. The lowest BCUT2D eigenvalue weighted by molar-refractivity contribution is -0.115. The number of ether oxygens (including phenoxy) is 3. The van der Waals surface area contributed by atoms with Crippen molar-refractivity contribution < 1.29 is 23.5 Å². The van der Waals surface area contributed by atoms with Crippen LogP contribution in [-0.4, -0.2) is 42.2 Å². The van der Waals surface area contributed by atoms with Crippen LogP contribution in [0.1, 0.15) is 59.6 Å². The van der Waals surface area contributed by atoms with E-state index in [0.717, 1.165) is 21.4 Å². The number of hydrogen-bond donors (Lipinski definition) is 2. The molecule has 0 spiro atoms. The predicted molar refractivity (Wildman–Crippen MR) is 170 cm³/mol. The van der Waals surface area contributed by atoms with Gasteiger partial charge in [0.2, 0.25) is 0 Å². The molecule has 0 aliphatic heterocycles. The Morgan fingerprint density at radius 1 is 0.976 bits per heavy atom. The van der Waals surface area contributed by atoms with Crippen LogP contribution in [-0.2, 0) is 17.9 Å². The summed E-state index contributed by atoms with van der Waals surface area (Å²) >= 11 is 1.33. The van der Waals surface area contributed by atoms with E-state index >= 15 is 0 Å². The fourth-order valence-corrected chi connectivity index (χ4v) is 4.26. The van der Waals surface area contributed by atoms with E-state index in [2.05, 4.69) is 32.1 Å². The van der Waals surface area contributed by atoms with Crippen molar-refractivity contribution >= 4 is 34.6 Å². The maximum Gasteiger partial charge on any atom is 0.296 e. The summed E-state index contributed by atoms with van der Waals surface area (Å²) in [6, 6.07) is 9.35. The first kappa shape index (κ1) is 35.7. The number of fused-ring (bicyclic) bond motifs is 1. The number of benzene rings is 2. The first-order chi connectivity index (χ1) is 20.5. The van der Waals surface area contributed by atoms with Gasteiger partial charge in [-0.25, -0.2) is 0 Å². The highest BCUT2D eigenvalue weighted by atomic mass is 32.2. The van der Waals surface area contributed by atoms with E-state index in [0.29, 0.717) is 41.7 Å².